The third kappa shape index (κ3) is 3.45. The van der Waals surface area contributed by atoms with Crippen LogP contribution in [0.15, 0.2) is 59.1 Å². The predicted octanol–water partition coefficient (Wildman–Crippen LogP) is 3.25. The van der Waals surface area contributed by atoms with Crippen molar-refractivity contribution < 1.29 is 4.52 Å². The maximum Gasteiger partial charge on any atom is 0.258 e. The number of aryl methyl sites for hydroxylation is 1. The van der Waals surface area contributed by atoms with Crippen LogP contribution in [0.1, 0.15) is 5.56 Å². The Balaban J connectivity index is 1.69. The van der Waals surface area contributed by atoms with E-state index in [2.05, 4.69) is 25.1 Å². The lowest BCUT2D eigenvalue weighted by Crippen LogP contribution is -2.15. The standard InChI is InChI=1S/C19H17N7O/c1-12-8-10-13(11-9-12)17-21-16(25-27-17)15-22-18(20)24-19(23-15)26(2)14-6-4-3-5-7-14/h3-11H,1-2H3,(H2,20,22,23,24). The summed E-state index contributed by atoms with van der Waals surface area (Å²) in [6.07, 6.45) is 0. The quantitative estimate of drug-likeness (QED) is 0.592. The fraction of sp³-hybridized carbons (Fsp3) is 0.105. The number of para-hydroxylation sites is 1. The Hall–Kier alpha value is -3.81. The SMILES string of the molecule is Cc1ccc(-c2nc(-c3nc(N)nc(N(C)c4ccccc4)n3)no2)cc1. The molecule has 0 radical (unpaired) electrons. The van der Waals surface area contributed by atoms with Crippen molar-refractivity contribution in [2.24, 2.45) is 0 Å². The van der Waals surface area contributed by atoms with Gasteiger partial charge >= 0.3 is 0 Å². The summed E-state index contributed by atoms with van der Waals surface area (Å²) < 4.78 is 5.35. The maximum absolute atomic E-state index is 5.87. The molecule has 2 aromatic carbocycles. The van der Waals surface area contributed by atoms with Crippen molar-refractivity contribution >= 4 is 17.6 Å². The van der Waals surface area contributed by atoms with E-state index in [4.69, 9.17) is 10.3 Å². The number of nitrogen functional groups attached to an aromatic ring is 1. The van der Waals surface area contributed by atoms with Gasteiger partial charge in [0.15, 0.2) is 0 Å². The molecule has 0 aliphatic carbocycles. The lowest BCUT2D eigenvalue weighted by molar-refractivity contribution is 0.432. The van der Waals surface area contributed by atoms with Crippen molar-refractivity contribution in [1.82, 2.24) is 25.1 Å². The van der Waals surface area contributed by atoms with Crippen molar-refractivity contribution in [2.45, 2.75) is 6.92 Å². The Kier molecular flexibility index (Phi) is 4.21. The normalized spacial score (nSPS) is 10.7. The van der Waals surface area contributed by atoms with E-state index in [1.165, 1.54) is 0 Å². The molecule has 8 nitrogen and oxygen atoms in total. The molecular formula is C19H17N7O. The zero-order chi connectivity index (χ0) is 18.8. The average molecular weight is 359 g/mol. The van der Waals surface area contributed by atoms with Crippen LogP contribution in [0.4, 0.5) is 17.6 Å². The third-order valence-corrected chi connectivity index (χ3v) is 4.01. The van der Waals surface area contributed by atoms with Gasteiger partial charge < -0.3 is 15.2 Å². The fourth-order valence-electron chi connectivity index (χ4n) is 2.53. The fourth-order valence-corrected chi connectivity index (χ4v) is 2.53. The van der Waals surface area contributed by atoms with Gasteiger partial charge in [0.25, 0.3) is 5.89 Å². The second-order valence-electron chi connectivity index (χ2n) is 6.00. The van der Waals surface area contributed by atoms with E-state index < -0.39 is 0 Å². The molecule has 27 heavy (non-hydrogen) atoms. The van der Waals surface area contributed by atoms with Gasteiger partial charge in [-0.15, -0.1) is 0 Å². The van der Waals surface area contributed by atoms with Gasteiger partial charge in [-0.2, -0.15) is 19.9 Å². The summed E-state index contributed by atoms with van der Waals surface area (Å²) in [6, 6.07) is 17.5. The van der Waals surface area contributed by atoms with E-state index in [-0.39, 0.29) is 17.6 Å². The van der Waals surface area contributed by atoms with Crippen molar-refractivity contribution in [3.05, 3.63) is 60.2 Å². The average Bonchev–Trinajstić information content (AvgIpc) is 3.18. The van der Waals surface area contributed by atoms with E-state index in [0.717, 1.165) is 16.8 Å². The van der Waals surface area contributed by atoms with Gasteiger partial charge in [0, 0.05) is 18.3 Å². The van der Waals surface area contributed by atoms with E-state index in [1.807, 2.05) is 73.5 Å². The van der Waals surface area contributed by atoms with Gasteiger partial charge in [-0.05, 0) is 31.2 Å². The van der Waals surface area contributed by atoms with E-state index >= 15 is 0 Å². The molecule has 0 saturated carbocycles. The monoisotopic (exact) mass is 359 g/mol. The summed E-state index contributed by atoms with van der Waals surface area (Å²) in [5.41, 5.74) is 8.76. The van der Waals surface area contributed by atoms with E-state index in [0.29, 0.717) is 11.8 Å². The molecule has 0 atom stereocenters. The molecule has 0 fully saturated rings. The van der Waals surface area contributed by atoms with Crippen LogP contribution < -0.4 is 10.6 Å². The lowest BCUT2D eigenvalue weighted by Gasteiger charge is -2.17. The Labute approximate surface area is 155 Å². The van der Waals surface area contributed by atoms with Crippen molar-refractivity contribution in [3.63, 3.8) is 0 Å². The van der Waals surface area contributed by atoms with Gasteiger partial charge in [-0.1, -0.05) is 41.1 Å². The molecule has 2 N–H and O–H groups in total. The van der Waals surface area contributed by atoms with Crippen LogP contribution in [-0.4, -0.2) is 32.1 Å². The van der Waals surface area contributed by atoms with Crippen LogP contribution in [0, 0.1) is 6.92 Å². The van der Waals surface area contributed by atoms with Crippen LogP contribution in [0.5, 0.6) is 0 Å². The Morgan fingerprint density at radius 2 is 1.59 bits per heavy atom. The highest BCUT2D eigenvalue weighted by atomic mass is 16.5. The minimum absolute atomic E-state index is 0.0828. The van der Waals surface area contributed by atoms with Crippen molar-refractivity contribution in [2.75, 3.05) is 17.7 Å². The molecule has 0 bridgehead atoms. The minimum Gasteiger partial charge on any atom is -0.368 e. The first-order chi connectivity index (χ1) is 13.1. The molecule has 134 valence electrons. The van der Waals surface area contributed by atoms with Gasteiger partial charge in [-0.3, -0.25) is 0 Å². The summed E-state index contributed by atoms with van der Waals surface area (Å²) in [4.78, 5) is 19.0. The second kappa shape index (κ2) is 6.83. The largest absolute Gasteiger partial charge is 0.368 e. The van der Waals surface area contributed by atoms with Gasteiger partial charge in [0.2, 0.25) is 23.5 Å². The highest BCUT2D eigenvalue weighted by Gasteiger charge is 2.17. The molecular weight excluding hydrogens is 342 g/mol. The van der Waals surface area contributed by atoms with Crippen LogP contribution in [0.2, 0.25) is 0 Å². The first-order valence-electron chi connectivity index (χ1n) is 8.31. The molecule has 0 unspecified atom stereocenters. The minimum atomic E-state index is 0.0828. The molecule has 0 aliphatic rings. The zero-order valence-electron chi connectivity index (χ0n) is 14.9. The highest BCUT2D eigenvalue weighted by molar-refractivity contribution is 5.60. The number of hydrogen-bond acceptors (Lipinski definition) is 8. The van der Waals surface area contributed by atoms with Gasteiger partial charge in [-0.25, -0.2) is 0 Å². The first-order valence-corrected chi connectivity index (χ1v) is 8.31. The number of nitrogens with zero attached hydrogens (tertiary/aromatic N) is 6. The molecule has 0 amide bonds. The lowest BCUT2D eigenvalue weighted by atomic mass is 10.1. The van der Waals surface area contributed by atoms with Crippen molar-refractivity contribution in [1.29, 1.82) is 0 Å². The number of nitrogens with two attached hydrogens (primary N) is 1. The third-order valence-electron chi connectivity index (χ3n) is 4.01. The second-order valence-corrected chi connectivity index (χ2v) is 6.00. The molecule has 8 heteroatoms. The number of anilines is 3. The summed E-state index contributed by atoms with van der Waals surface area (Å²) in [5, 5.41) is 3.99. The van der Waals surface area contributed by atoms with Gasteiger partial charge in [0.05, 0.1) is 0 Å². The molecule has 0 saturated heterocycles. The first kappa shape index (κ1) is 16.6. The number of benzene rings is 2. The summed E-state index contributed by atoms with van der Waals surface area (Å²) >= 11 is 0. The van der Waals surface area contributed by atoms with E-state index in [9.17, 15) is 0 Å². The number of rotatable bonds is 4. The summed E-state index contributed by atoms with van der Waals surface area (Å²) in [5.74, 6) is 1.37. The van der Waals surface area contributed by atoms with Crippen LogP contribution in [-0.2, 0) is 0 Å². The Morgan fingerprint density at radius 1 is 0.852 bits per heavy atom. The predicted molar refractivity (Wildman–Crippen MR) is 102 cm³/mol. The highest BCUT2D eigenvalue weighted by Crippen LogP contribution is 2.24. The molecule has 0 aliphatic heterocycles. The maximum atomic E-state index is 5.87. The topological polar surface area (TPSA) is 107 Å². The van der Waals surface area contributed by atoms with E-state index in [1.54, 1.807) is 0 Å². The summed E-state index contributed by atoms with van der Waals surface area (Å²) in [6.45, 7) is 2.02. The molecule has 0 spiro atoms. The van der Waals surface area contributed by atoms with Crippen molar-refractivity contribution in [3.8, 4) is 23.1 Å². The Morgan fingerprint density at radius 3 is 2.33 bits per heavy atom. The molecule has 4 rings (SSSR count). The smallest absolute Gasteiger partial charge is 0.258 e. The van der Waals surface area contributed by atoms with Gasteiger partial charge in [0.1, 0.15) is 0 Å². The summed E-state index contributed by atoms with van der Waals surface area (Å²) in [7, 11) is 1.85. The molecule has 2 aromatic heterocycles. The molecule has 4 aromatic rings. The zero-order valence-corrected chi connectivity index (χ0v) is 14.9. The Bertz CT molecular complexity index is 1060. The molecule has 2 heterocycles. The van der Waals surface area contributed by atoms with Crippen LogP contribution in [0.3, 0.4) is 0 Å². The number of hydrogen-bond donors (Lipinski definition) is 1. The van der Waals surface area contributed by atoms with Crippen LogP contribution >= 0.6 is 0 Å². The number of aromatic nitrogens is 5. The van der Waals surface area contributed by atoms with Crippen LogP contribution in [0.25, 0.3) is 23.1 Å².